The van der Waals surface area contributed by atoms with E-state index in [1.54, 1.807) is 6.21 Å². The molecule has 0 aromatic rings. The maximum absolute atomic E-state index is 13.9. The summed E-state index contributed by atoms with van der Waals surface area (Å²) in [5.74, 6) is 2.21. The normalized spacial score (nSPS) is 38.8. The Bertz CT molecular complexity index is 690. The minimum absolute atomic E-state index is 0.132. The highest BCUT2D eigenvalue weighted by Gasteiger charge is 2.57. The fourth-order valence-corrected chi connectivity index (χ4v) is 7.16. The lowest BCUT2D eigenvalue weighted by Crippen LogP contribution is -2.56. The summed E-state index contributed by atoms with van der Waals surface area (Å²) in [6.07, 6.45) is 14.8. The van der Waals surface area contributed by atoms with Gasteiger partial charge < -0.3 is 14.8 Å². The molecule has 0 amide bonds. The summed E-state index contributed by atoms with van der Waals surface area (Å²) in [5.41, 5.74) is 0.0147. The average molecular weight is 447 g/mol. The van der Waals surface area contributed by atoms with Crippen LogP contribution in [0.4, 0.5) is 0 Å². The molecule has 0 unspecified atom stereocenters. The van der Waals surface area contributed by atoms with Gasteiger partial charge in [0.05, 0.1) is 12.3 Å². The van der Waals surface area contributed by atoms with Crippen LogP contribution in [0.1, 0.15) is 78.6 Å². The average Bonchev–Trinajstić information content (AvgIpc) is 2.75. The number of nitrogens with zero attached hydrogens (tertiary/aromatic N) is 2. The molecule has 0 bridgehead atoms. The number of Topliss-reactive ketones (excluding diaryl/α,β-unsaturated/α-hetero) is 1. The molecule has 5 heteroatoms. The largest absolute Gasteiger partial charge is 0.394 e. The SMILES string of the molecule is CC[C@H](C/C=C/C=N\OCCN(C)C)[C@@]1(C)CC[C@H]2[C@@H](CC[C@@H]3C[C@@H](O)CC[C@@]32C)C1=O. The van der Waals surface area contributed by atoms with Crippen molar-refractivity contribution >= 4 is 12.0 Å². The van der Waals surface area contributed by atoms with Crippen molar-refractivity contribution in [2.24, 2.45) is 39.7 Å². The summed E-state index contributed by atoms with van der Waals surface area (Å²) >= 11 is 0. The fourth-order valence-electron chi connectivity index (χ4n) is 7.16. The number of ketones is 1. The van der Waals surface area contributed by atoms with E-state index in [1.807, 2.05) is 20.2 Å². The molecular weight excluding hydrogens is 400 g/mol. The number of oxime groups is 1. The minimum Gasteiger partial charge on any atom is -0.394 e. The molecule has 32 heavy (non-hydrogen) atoms. The van der Waals surface area contributed by atoms with E-state index in [-0.39, 0.29) is 22.9 Å². The summed E-state index contributed by atoms with van der Waals surface area (Å²) in [5, 5.41) is 14.2. The van der Waals surface area contributed by atoms with E-state index < -0.39 is 0 Å². The predicted molar refractivity (Wildman–Crippen MR) is 131 cm³/mol. The van der Waals surface area contributed by atoms with Crippen molar-refractivity contribution in [2.45, 2.75) is 84.7 Å². The Balaban J connectivity index is 1.60. The van der Waals surface area contributed by atoms with Crippen molar-refractivity contribution in [2.75, 3.05) is 27.2 Å². The predicted octanol–water partition coefficient (Wildman–Crippen LogP) is 5.09. The van der Waals surface area contributed by atoms with Gasteiger partial charge in [-0.1, -0.05) is 38.4 Å². The summed E-state index contributed by atoms with van der Waals surface area (Å²) in [7, 11) is 4.03. The highest BCUT2D eigenvalue weighted by Crippen LogP contribution is 2.61. The van der Waals surface area contributed by atoms with Gasteiger partial charge in [0, 0.05) is 17.9 Å². The van der Waals surface area contributed by atoms with Gasteiger partial charge in [0.1, 0.15) is 12.4 Å². The maximum Gasteiger partial charge on any atom is 0.142 e. The molecule has 0 heterocycles. The van der Waals surface area contributed by atoms with Crippen LogP contribution in [0.3, 0.4) is 0 Å². The molecule has 5 nitrogen and oxygen atoms in total. The first kappa shape index (κ1) is 25.4. The van der Waals surface area contributed by atoms with E-state index >= 15 is 0 Å². The maximum atomic E-state index is 13.9. The molecule has 3 saturated carbocycles. The summed E-state index contributed by atoms with van der Waals surface area (Å²) < 4.78 is 0. The van der Waals surface area contributed by atoms with Gasteiger partial charge in [-0.25, -0.2) is 0 Å². The zero-order chi connectivity index (χ0) is 23.4. The quantitative estimate of drug-likeness (QED) is 0.305. The number of aliphatic hydroxyl groups excluding tert-OH is 1. The van der Waals surface area contributed by atoms with Crippen molar-refractivity contribution in [3.05, 3.63) is 12.2 Å². The first-order valence-corrected chi connectivity index (χ1v) is 12.9. The number of rotatable bonds is 9. The highest BCUT2D eigenvalue weighted by atomic mass is 16.6. The Kier molecular flexibility index (Phi) is 8.59. The monoisotopic (exact) mass is 446 g/mol. The van der Waals surface area contributed by atoms with Crippen LogP contribution >= 0.6 is 0 Å². The Morgan fingerprint density at radius 1 is 1.22 bits per heavy atom. The molecule has 182 valence electrons. The minimum atomic E-state index is -0.225. The van der Waals surface area contributed by atoms with Gasteiger partial charge in [0.25, 0.3) is 0 Å². The zero-order valence-corrected chi connectivity index (χ0v) is 21.1. The van der Waals surface area contributed by atoms with Crippen LogP contribution < -0.4 is 0 Å². The lowest BCUT2D eigenvalue weighted by molar-refractivity contribution is -0.157. The molecule has 3 aliphatic carbocycles. The standard InChI is InChI=1S/C27H46N2O3/c1-6-20(9-7-8-16-28-32-18-17-29(4)5)27(3)15-13-24-23(25(27)31)11-10-21-19-22(30)12-14-26(21,24)2/h7-8,16,20-24,30H,6,9-15,17-19H2,1-5H3/b8-7+,28-16-/t20-,21-,22+,23-,24+,26+,27-/m1/s1. The summed E-state index contributed by atoms with van der Waals surface area (Å²) in [6.45, 7) is 8.33. The van der Waals surface area contributed by atoms with E-state index in [0.29, 0.717) is 30.1 Å². The van der Waals surface area contributed by atoms with E-state index in [4.69, 9.17) is 4.84 Å². The molecule has 0 saturated heterocycles. The van der Waals surface area contributed by atoms with Crippen molar-refractivity contribution in [3.63, 3.8) is 0 Å². The lowest BCUT2D eigenvalue weighted by atomic mass is 9.46. The third-order valence-corrected chi connectivity index (χ3v) is 9.34. The Morgan fingerprint density at radius 3 is 2.72 bits per heavy atom. The van der Waals surface area contributed by atoms with E-state index in [0.717, 1.165) is 64.3 Å². The molecular formula is C27H46N2O3. The molecule has 3 rings (SSSR count). The number of hydrogen-bond acceptors (Lipinski definition) is 5. The van der Waals surface area contributed by atoms with Gasteiger partial charge in [-0.05, 0) is 94.7 Å². The number of carbonyl (C=O) groups excluding carboxylic acids is 1. The highest BCUT2D eigenvalue weighted by molar-refractivity contribution is 5.88. The molecule has 0 spiro atoms. The molecule has 0 aliphatic heterocycles. The molecule has 3 aliphatic rings. The van der Waals surface area contributed by atoms with Gasteiger partial charge in [0.2, 0.25) is 0 Å². The van der Waals surface area contributed by atoms with Crippen LogP contribution in [0.2, 0.25) is 0 Å². The first-order valence-electron chi connectivity index (χ1n) is 12.9. The van der Waals surface area contributed by atoms with Crippen LogP contribution in [0, 0.1) is 34.5 Å². The molecule has 0 aromatic carbocycles. The van der Waals surface area contributed by atoms with Crippen LogP contribution in [-0.4, -0.2) is 55.4 Å². The number of hydrogen-bond donors (Lipinski definition) is 1. The third-order valence-electron chi connectivity index (χ3n) is 9.34. The van der Waals surface area contributed by atoms with Gasteiger partial charge in [-0.15, -0.1) is 0 Å². The first-order chi connectivity index (χ1) is 15.2. The second kappa shape index (κ2) is 10.8. The zero-order valence-electron chi connectivity index (χ0n) is 21.1. The van der Waals surface area contributed by atoms with Crippen LogP contribution in [0.15, 0.2) is 17.3 Å². The smallest absolute Gasteiger partial charge is 0.142 e. The van der Waals surface area contributed by atoms with Crippen LogP contribution in [-0.2, 0) is 9.63 Å². The van der Waals surface area contributed by atoms with Gasteiger partial charge in [-0.3, -0.25) is 4.79 Å². The number of likely N-dealkylation sites (N-methyl/N-ethyl adjacent to an activating group) is 1. The summed E-state index contributed by atoms with van der Waals surface area (Å²) in [4.78, 5) is 21.2. The van der Waals surface area contributed by atoms with Crippen molar-refractivity contribution in [1.29, 1.82) is 0 Å². The van der Waals surface area contributed by atoms with E-state index in [1.165, 1.54) is 0 Å². The number of allylic oxidation sites excluding steroid dienone is 2. The molecule has 1 N–H and O–H groups in total. The Morgan fingerprint density at radius 2 is 2.00 bits per heavy atom. The van der Waals surface area contributed by atoms with Gasteiger partial charge in [-0.2, -0.15) is 0 Å². The second-order valence-corrected chi connectivity index (χ2v) is 11.4. The Labute approximate surface area is 195 Å². The van der Waals surface area contributed by atoms with Crippen molar-refractivity contribution in [3.8, 4) is 0 Å². The molecule has 7 atom stereocenters. The van der Waals surface area contributed by atoms with Crippen molar-refractivity contribution < 1.29 is 14.7 Å². The second-order valence-electron chi connectivity index (χ2n) is 11.4. The van der Waals surface area contributed by atoms with Gasteiger partial charge >= 0.3 is 0 Å². The number of fused-ring (bicyclic) bond motifs is 3. The van der Waals surface area contributed by atoms with Crippen molar-refractivity contribution in [1.82, 2.24) is 4.90 Å². The van der Waals surface area contributed by atoms with Crippen LogP contribution in [0.5, 0.6) is 0 Å². The van der Waals surface area contributed by atoms with E-state index in [2.05, 4.69) is 36.9 Å². The fraction of sp³-hybridized carbons (Fsp3) is 0.852. The van der Waals surface area contributed by atoms with Crippen LogP contribution in [0.25, 0.3) is 0 Å². The number of carbonyl (C=O) groups is 1. The molecule has 3 fully saturated rings. The molecule has 0 radical (unpaired) electrons. The number of aliphatic hydroxyl groups is 1. The third kappa shape index (κ3) is 5.30. The Hall–Kier alpha value is -1.20. The summed E-state index contributed by atoms with van der Waals surface area (Å²) in [6, 6.07) is 0. The molecule has 0 aromatic heterocycles. The lowest BCUT2D eigenvalue weighted by Gasteiger charge is -2.58. The van der Waals surface area contributed by atoms with E-state index in [9.17, 15) is 9.90 Å². The topological polar surface area (TPSA) is 62.1 Å². The van der Waals surface area contributed by atoms with Gasteiger partial charge in [0.15, 0.2) is 0 Å².